The minimum Gasteiger partial charge on any atom is -0.343 e. The zero-order valence-electron chi connectivity index (χ0n) is 14.6. The Labute approximate surface area is 159 Å². The summed E-state index contributed by atoms with van der Waals surface area (Å²) in [4.78, 5) is 25.0. The Morgan fingerprint density at radius 2 is 1.78 bits per heavy atom. The summed E-state index contributed by atoms with van der Waals surface area (Å²) in [5.74, 6) is -0.488. The molecule has 144 valence electrons. The molecule has 2 aromatic rings. The summed E-state index contributed by atoms with van der Waals surface area (Å²) in [5.41, 5.74) is 1.18. The number of amides is 2. The van der Waals surface area contributed by atoms with Gasteiger partial charge in [0.2, 0.25) is 5.91 Å². The Hall–Kier alpha value is -2.48. The second-order valence-corrected chi connectivity index (χ2v) is 6.96. The number of hydrogen-bond acceptors (Lipinski definition) is 3. The molecule has 0 atom stereocenters. The van der Waals surface area contributed by atoms with Gasteiger partial charge in [-0.1, -0.05) is 24.3 Å². The van der Waals surface area contributed by atoms with Crippen molar-refractivity contribution in [3.63, 3.8) is 0 Å². The molecule has 0 saturated carbocycles. The Morgan fingerprint density at radius 1 is 1.07 bits per heavy atom. The average molecular weight is 396 g/mol. The monoisotopic (exact) mass is 396 g/mol. The van der Waals surface area contributed by atoms with Crippen LogP contribution in [-0.2, 0) is 4.79 Å². The van der Waals surface area contributed by atoms with E-state index in [2.05, 4.69) is 5.32 Å². The number of alkyl halides is 3. The van der Waals surface area contributed by atoms with Crippen molar-refractivity contribution in [3.05, 3.63) is 59.7 Å². The Morgan fingerprint density at radius 3 is 2.44 bits per heavy atom. The molecule has 2 N–H and O–H groups in total. The molecule has 27 heavy (non-hydrogen) atoms. The number of thioether (sulfide) groups is 1. The molecule has 2 aromatic carbocycles. The van der Waals surface area contributed by atoms with Crippen LogP contribution in [0.25, 0.3) is 0 Å². The molecule has 0 aromatic heterocycles. The number of carbonyl (C=O) groups is 2. The van der Waals surface area contributed by atoms with Crippen LogP contribution >= 0.6 is 11.8 Å². The standard InChI is InChI=1S/C19H19F3N2O2S/c1-13-7-8-14(18(26)23-12-19(20,21)22)11-16(13)24-17(25)9-10-27-15-5-3-2-4-6-15/h2-8,11H,9-10,12H2,1H3,(H,23,26)(H,24,25). The quantitative estimate of drug-likeness (QED) is 0.682. The fraction of sp³-hybridized carbons (Fsp3) is 0.263. The number of anilines is 1. The van der Waals surface area contributed by atoms with Crippen LogP contribution in [0.3, 0.4) is 0 Å². The molecule has 0 heterocycles. The first-order valence-electron chi connectivity index (χ1n) is 8.18. The van der Waals surface area contributed by atoms with Crippen molar-refractivity contribution in [1.82, 2.24) is 5.32 Å². The van der Waals surface area contributed by atoms with Crippen LogP contribution in [0.5, 0.6) is 0 Å². The fourth-order valence-electron chi connectivity index (χ4n) is 2.17. The van der Waals surface area contributed by atoms with Gasteiger partial charge in [0.15, 0.2) is 0 Å². The molecule has 0 aliphatic carbocycles. The molecule has 0 aliphatic heterocycles. The van der Waals surface area contributed by atoms with Crippen molar-refractivity contribution in [2.45, 2.75) is 24.4 Å². The minimum absolute atomic E-state index is 0.0545. The first kappa shape index (κ1) is 20.8. The first-order chi connectivity index (χ1) is 12.7. The summed E-state index contributed by atoms with van der Waals surface area (Å²) in [7, 11) is 0. The van der Waals surface area contributed by atoms with Crippen molar-refractivity contribution in [2.24, 2.45) is 0 Å². The van der Waals surface area contributed by atoms with E-state index in [4.69, 9.17) is 0 Å². The predicted octanol–water partition coefficient (Wildman–Crippen LogP) is 4.41. The zero-order chi connectivity index (χ0) is 19.9. The fourth-order valence-corrected chi connectivity index (χ4v) is 3.04. The summed E-state index contributed by atoms with van der Waals surface area (Å²) < 4.78 is 36.6. The van der Waals surface area contributed by atoms with E-state index in [0.717, 1.165) is 4.90 Å². The van der Waals surface area contributed by atoms with Crippen molar-refractivity contribution in [2.75, 3.05) is 17.6 Å². The van der Waals surface area contributed by atoms with E-state index < -0.39 is 18.6 Å². The number of carbonyl (C=O) groups excluding carboxylic acids is 2. The maximum atomic E-state index is 12.2. The minimum atomic E-state index is -4.48. The maximum Gasteiger partial charge on any atom is 0.405 e. The van der Waals surface area contributed by atoms with Gasteiger partial charge in [-0.3, -0.25) is 9.59 Å². The lowest BCUT2D eigenvalue weighted by molar-refractivity contribution is -0.123. The average Bonchev–Trinajstić information content (AvgIpc) is 2.62. The van der Waals surface area contributed by atoms with Crippen LogP contribution in [0.2, 0.25) is 0 Å². The second-order valence-electron chi connectivity index (χ2n) is 5.79. The van der Waals surface area contributed by atoms with Crippen molar-refractivity contribution < 1.29 is 22.8 Å². The zero-order valence-corrected chi connectivity index (χ0v) is 15.4. The lowest BCUT2D eigenvalue weighted by Gasteiger charge is -2.12. The summed E-state index contributed by atoms with van der Waals surface area (Å²) in [6.45, 7) is 0.337. The second kappa shape index (κ2) is 9.45. The van der Waals surface area contributed by atoms with Gasteiger partial charge in [0.25, 0.3) is 5.91 Å². The molecule has 0 bridgehead atoms. The van der Waals surface area contributed by atoms with E-state index in [1.807, 2.05) is 35.6 Å². The van der Waals surface area contributed by atoms with Gasteiger partial charge >= 0.3 is 6.18 Å². The van der Waals surface area contributed by atoms with Gasteiger partial charge in [0, 0.05) is 28.3 Å². The van der Waals surface area contributed by atoms with Crippen LogP contribution in [-0.4, -0.2) is 30.3 Å². The highest BCUT2D eigenvalue weighted by Crippen LogP contribution is 2.20. The number of benzene rings is 2. The van der Waals surface area contributed by atoms with E-state index in [1.165, 1.54) is 12.1 Å². The highest BCUT2D eigenvalue weighted by Gasteiger charge is 2.28. The summed E-state index contributed by atoms with van der Waals surface area (Å²) in [5, 5.41) is 4.52. The van der Waals surface area contributed by atoms with Crippen molar-refractivity contribution in [1.29, 1.82) is 0 Å². The number of hydrogen-bond donors (Lipinski definition) is 2. The summed E-state index contributed by atoms with van der Waals surface area (Å²) in [6, 6.07) is 14.0. The van der Waals surface area contributed by atoms with Crippen LogP contribution in [0.1, 0.15) is 22.3 Å². The van der Waals surface area contributed by atoms with Gasteiger partial charge in [-0.2, -0.15) is 13.2 Å². The van der Waals surface area contributed by atoms with E-state index in [9.17, 15) is 22.8 Å². The van der Waals surface area contributed by atoms with E-state index >= 15 is 0 Å². The third-order valence-corrected chi connectivity index (χ3v) is 4.58. The lowest BCUT2D eigenvalue weighted by atomic mass is 10.1. The number of rotatable bonds is 7. The Bertz CT molecular complexity index is 795. The largest absolute Gasteiger partial charge is 0.405 e. The van der Waals surface area contributed by atoms with Gasteiger partial charge in [0.1, 0.15) is 6.54 Å². The van der Waals surface area contributed by atoms with E-state index in [-0.39, 0.29) is 17.9 Å². The lowest BCUT2D eigenvalue weighted by Crippen LogP contribution is -2.33. The van der Waals surface area contributed by atoms with Gasteiger partial charge < -0.3 is 10.6 Å². The van der Waals surface area contributed by atoms with Gasteiger partial charge in [-0.15, -0.1) is 11.8 Å². The predicted molar refractivity (Wildman–Crippen MR) is 100.0 cm³/mol. The van der Waals surface area contributed by atoms with Crippen LogP contribution in [0.15, 0.2) is 53.4 Å². The number of halogens is 3. The summed E-state index contributed by atoms with van der Waals surface area (Å²) in [6.07, 6.45) is -4.21. The van der Waals surface area contributed by atoms with Gasteiger partial charge in [-0.25, -0.2) is 0 Å². The highest BCUT2D eigenvalue weighted by atomic mass is 32.2. The first-order valence-corrected chi connectivity index (χ1v) is 9.16. The third-order valence-electron chi connectivity index (χ3n) is 3.56. The molecular weight excluding hydrogens is 377 g/mol. The highest BCUT2D eigenvalue weighted by molar-refractivity contribution is 7.99. The van der Waals surface area contributed by atoms with Gasteiger partial charge in [0.05, 0.1) is 0 Å². The van der Waals surface area contributed by atoms with Crippen LogP contribution in [0.4, 0.5) is 18.9 Å². The molecule has 2 rings (SSSR count). The maximum absolute atomic E-state index is 12.2. The molecule has 0 unspecified atom stereocenters. The van der Waals surface area contributed by atoms with Crippen molar-refractivity contribution >= 4 is 29.3 Å². The topological polar surface area (TPSA) is 58.2 Å². The molecule has 8 heteroatoms. The van der Waals surface area contributed by atoms with Crippen molar-refractivity contribution in [3.8, 4) is 0 Å². The Kier molecular flexibility index (Phi) is 7.29. The Balaban J connectivity index is 1.91. The smallest absolute Gasteiger partial charge is 0.343 e. The summed E-state index contributed by atoms with van der Waals surface area (Å²) >= 11 is 1.55. The molecule has 0 spiro atoms. The molecule has 0 radical (unpaired) electrons. The third kappa shape index (κ3) is 7.34. The van der Waals surface area contributed by atoms with Gasteiger partial charge in [-0.05, 0) is 36.8 Å². The SMILES string of the molecule is Cc1ccc(C(=O)NCC(F)(F)F)cc1NC(=O)CCSc1ccccc1. The molecule has 0 saturated heterocycles. The molecule has 0 fully saturated rings. The van der Waals surface area contributed by atoms with E-state index in [1.54, 1.807) is 24.8 Å². The van der Waals surface area contributed by atoms with Crippen LogP contribution in [0, 0.1) is 6.92 Å². The van der Waals surface area contributed by atoms with Crippen LogP contribution < -0.4 is 10.6 Å². The number of nitrogens with one attached hydrogen (secondary N) is 2. The molecular formula is C19H19F3N2O2S. The van der Waals surface area contributed by atoms with E-state index in [0.29, 0.717) is 17.0 Å². The molecule has 0 aliphatic rings. The normalized spacial score (nSPS) is 11.1. The number of aryl methyl sites for hydroxylation is 1. The molecule has 2 amide bonds. The molecule has 4 nitrogen and oxygen atoms in total.